The van der Waals surface area contributed by atoms with Gasteiger partial charge in [0.05, 0.1) is 5.25 Å². The molecule has 3 aromatic rings. The number of aromatic nitrogens is 1. The molecule has 3 rings (SSSR count). The van der Waals surface area contributed by atoms with Gasteiger partial charge in [0.2, 0.25) is 0 Å². The lowest BCUT2D eigenvalue weighted by Crippen LogP contribution is -1.76. The quantitative estimate of drug-likeness (QED) is 0.568. The van der Waals surface area contributed by atoms with E-state index in [1.807, 2.05) is 0 Å². The van der Waals surface area contributed by atoms with Crippen LogP contribution in [0.15, 0.2) is 60.9 Å². The van der Waals surface area contributed by atoms with Gasteiger partial charge in [-0.15, -0.1) is 0 Å². The van der Waals surface area contributed by atoms with E-state index >= 15 is 0 Å². The van der Waals surface area contributed by atoms with E-state index in [-0.39, 0.29) is 0 Å². The topological polar surface area (TPSA) is 4.41 Å². The van der Waals surface area contributed by atoms with Crippen molar-refractivity contribution >= 4 is 13.4 Å². The number of fused-ring (bicyclic) bond motifs is 1. The van der Waals surface area contributed by atoms with Gasteiger partial charge in [0.25, 0.3) is 0 Å². The van der Waals surface area contributed by atoms with Crippen LogP contribution in [-0.4, -0.2) is 4.40 Å². The summed E-state index contributed by atoms with van der Waals surface area (Å²) in [6.45, 7) is 0. The van der Waals surface area contributed by atoms with Crippen LogP contribution in [0.1, 0.15) is 0 Å². The van der Waals surface area contributed by atoms with E-state index in [9.17, 15) is 0 Å². The zero-order valence-corrected chi connectivity index (χ0v) is 9.06. The van der Waals surface area contributed by atoms with E-state index in [0.29, 0.717) is 0 Å². The Morgan fingerprint density at radius 3 is 2.47 bits per heavy atom. The van der Waals surface area contributed by atoms with Crippen LogP contribution in [0.25, 0.3) is 16.1 Å². The molecular weight excluding hydrogens is 201 g/mol. The van der Waals surface area contributed by atoms with Crippen LogP contribution in [0.3, 0.4) is 0 Å². The Balaban J connectivity index is 2.21. The van der Waals surface area contributed by atoms with E-state index in [0.717, 1.165) is 0 Å². The lowest BCUT2D eigenvalue weighted by molar-refractivity contribution is 1.20. The first-order chi connectivity index (χ1) is 7.43. The Hall–Kier alpha value is -1.59. The molecule has 2 aromatic heterocycles. The van der Waals surface area contributed by atoms with Gasteiger partial charge >= 0.3 is 0 Å². The minimum Gasteiger partial charge on any atom is -0.319 e. The first-order valence-electron chi connectivity index (χ1n) is 4.93. The Morgan fingerprint density at radius 1 is 0.867 bits per heavy atom. The van der Waals surface area contributed by atoms with Crippen LogP contribution in [0.2, 0.25) is 0 Å². The van der Waals surface area contributed by atoms with Gasteiger partial charge in [-0.05, 0) is 25.9 Å². The SMILES string of the molecule is c1ccc(-c2cn3ccccc3p2)cc1. The second kappa shape index (κ2) is 3.52. The second-order valence-corrected chi connectivity index (χ2v) is 4.62. The van der Waals surface area contributed by atoms with E-state index in [4.69, 9.17) is 0 Å². The van der Waals surface area contributed by atoms with Gasteiger partial charge in [0.15, 0.2) is 0 Å². The highest BCUT2D eigenvalue weighted by Crippen LogP contribution is 2.32. The summed E-state index contributed by atoms with van der Waals surface area (Å²) >= 11 is 0. The van der Waals surface area contributed by atoms with Gasteiger partial charge in [0.1, 0.15) is 0 Å². The summed E-state index contributed by atoms with van der Waals surface area (Å²) in [6.07, 6.45) is 4.30. The number of pyridine rings is 1. The molecule has 0 saturated heterocycles. The van der Waals surface area contributed by atoms with Crippen molar-refractivity contribution in [3.05, 3.63) is 60.9 Å². The molecule has 0 unspecified atom stereocenters. The van der Waals surface area contributed by atoms with Crippen molar-refractivity contribution in [2.75, 3.05) is 0 Å². The summed E-state index contributed by atoms with van der Waals surface area (Å²) in [5.74, 6) is 0. The first kappa shape index (κ1) is 8.70. The molecule has 0 saturated carbocycles. The molecule has 2 heteroatoms. The molecule has 0 bridgehead atoms. The third-order valence-corrected chi connectivity index (χ3v) is 3.66. The zero-order valence-electron chi connectivity index (χ0n) is 8.17. The lowest BCUT2D eigenvalue weighted by atomic mass is 10.2. The molecule has 2 heterocycles. The van der Waals surface area contributed by atoms with Crippen LogP contribution >= 0.6 is 8.19 Å². The molecule has 0 radical (unpaired) electrons. The summed E-state index contributed by atoms with van der Waals surface area (Å²) in [5, 5.41) is 2.69. The molecule has 0 atom stereocenters. The fourth-order valence-electron chi connectivity index (χ4n) is 1.68. The molecule has 0 N–H and O–H groups in total. The van der Waals surface area contributed by atoms with Crippen LogP contribution < -0.4 is 0 Å². The number of hydrogen-bond acceptors (Lipinski definition) is 0. The highest BCUT2D eigenvalue weighted by atomic mass is 31.0. The second-order valence-electron chi connectivity index (χ2n) is 3.46. The normalized spacial score (nSPS) is 11.2. The highest BCUT2D eigenvalue weighted by molar-refractivity contribution is 7.39. The molecular formula is C13H10NP. The van der Waals surface area contributed by atoms with Gasteiger partial charge in [-0.3, -0.25) is 0 Å². The van der Waals surface area contributed by atoms with Crippen molar-refractivity contribution in [2.24, 2.45) is 0 Å². The van der Waals surface area contributed by atoms with E-state index < -0.39 is 0 Å². The van der Waals surface area contributed by atoms with Gasteiger partial charge in [0, 0.05) is 17.7 Å². The maximum Gasteiger partial charge on any atom is 0.0729 e. The maximum atomic E-state index is 2.20. The van der Waals surface area contributed by atoms with Crippen molar-refractivity contribution < 1.29 is 0 Å². The Bertz CT molecular complexity index is 551. The van der Waals surface area contributed by atoms with Crippen LogP contribution in [0.4, 0.5) is 0 Å². The smallest absolute Gasteiger partial charge is 0.0729 e. The standard InChI is InChI=1S/C13H10NP/c1-2-6-11(7-3-1)12-10-14-9-5-4-8-13(14)15-12/h1-10H. The minimum absolute atomic E-state index is 1.29. The summed E-state index contributed by atoms with van der Waals surface area (Å²) in [4.78, 5) is 0. The summed E-state index contributed by atoms with van der Waals surface area (Å²) in [6, 6.07) is 16.8. The highest BCUT2D eigenvalue weighted by Gasteiger charge is 2.00. The van der Waals surface area contributed by atoms with Crippen molar-refractivity contribution in [3.63, 3.8) is 0 Å². The predicted molar refractivity (Wildman–Crippen MR) is 65.3 cm³/mol. The van der Waals surface area contributed by atoms with Gasteiger partial charge in [-0.25, -0.2) is 0 Å². The fourth-order valence-corrected chi connectivity index (χ4v) is 2.79. The van der Waals surface area contributed by atoms with Crippen LogP contribution in [-0.2, 0) is 0 Å². The molecule has 0 amide bonds. The number of hydrogen-bond donors (Lipinski definition) is 0. The predicted octanol–water partition coefficient (Wildman–Crippen LogP) is 4.19. The van der Waals surface area contributed by atoms with Gasteiger partial charge in [-0.2, -0.15) is 0 Å². The summed E-state index contributed by atoms with van der Waals surface area (Å²) < 4.78 is 2.18. The van der Waals surface area contributed by atoms with Crippen molar-refractivity contribution in [2.45, 2.75) is 0 Å². The summed E-state index contributed by atoms with van der Waals surface area (Å²) in [5.41, 5.74) is 1.31. The van der Waals surface area contributed by atoms with E-state index in [1.54, 1.807) is 0 Å². The van der Waals surface area contributed by atoms with Crippen molar-refractivity contribution in [1.29, 1.82) is 0 Å². The molecule has 0 spiro atoms. The average molecular weight is 211 g/mol. The fraction of sp³-hybridized carbons (Fsp3) is 0. The average Bonchev–Trinajstić information content (AvgIpc) is 2.74. The van der Waals surface area contributed by atoms with Crippen molar-refractivity contribution in [3.8, 4) is 10.9 Å². The molecule has 1 nitrogen and oxygen atoms in total. The third-order valence-electron chi connectivity index (χ3n) is 2.43. The molecule has 0 fully saturated rings. The minimum atomic E-state index is 1.29. The maximum absolute atomic E-state index is 2.20. The van der Waals surface area contributed by atoms with Crippen LogP contribution in [0.5, 0.6) is 0 Å². The van der Waals surface area contributed by atoms with Crippen molar-refractivity contribution in [1.82, 2.24) is 4.40 Å². The molecule has 15 heavy (non-hydrogen) atoms. The Kier molecular flexibility index (Phi) is 2.04. The number of rotatable bonds is 1. The van der Waals surface area contributed by atoms with E-state index in [1.165, 1.54) is 24.3 Å². The Morgan fingerprint density at radius 2 is 1.67 bits per heavy atom. The number of benzene rings is 1. The largest absolute Gasteiger partial charge is 0.319 e. The molecule has 1 aromatic carbocycles. The van der Waals surface area contributed by atoms with E-state index in [2.05, 4.69) is 65.3 Å². The van der Waals surface area contributed by atoms with Gasteiger partial charge in [-0.1, -0.05) is 36.4 Å². The Labute approximate surface area is 90.1 Å². The first-order valence-corrected chi connectivity index (χ1v) is 5.82. The molecule has 72 valence electrons. The number of nitrogens with zero attached hydrogens (tertiary/aromatic N) is 1. The van der Waals surface area contributed by atoms with Gasteiger partial charge < -0.3 is 4.40 Å². The zero-order chi connectivity index (χ0) is 10.1. The van der Waals surface area contributed by atoms with Crippen LogP contribution in [0, 0.1) is 0 Å². The monoisotopic (exact) mass is 211 g/mol. The third kappa shape index (κ3) is 1.55. The summed E-state index contributed by atoms with van der Waals surface area (Å²) in [7, 11) is 1.29. The molecule has 0 aliphatic carbocycles. The lowest BCUT2D eigenvalue weighted by Gasteiger charge is -1.93. The molecule has 0 aliphatic rings. The molecule has 0 aliphatic heterocycles.